The largest absolute Gasteiger partial charge is 0.489 e. The van der Waals surface area contributed by atoms with E-state index in [4.69, 9.17) is 4.74 Å². The topological polar surface area (TPSA) is 33.3 Å². The summed E-state index contributed by atoms with van der Waals surface area (Å²) in [5, 5.41) is 9.81. The Morgan fingerprint density at radius 3 is 2.79 bits per heavy atom. The lowest BCUT2D eigenvalue weighted by atomic mass is 9.99. The number of ether oxygens (including phenoxy) is 1. The molecule has 0 bridgehead atoms. The zero-order valence-corrected chi connectivity index (χ0v) is 13.8. The van der Waals surface area contributed by atoms with Gasteiger partial charge in [0, 0.05) is 12.6 Å². The second-order valence-electron chi connectivity index (χ2n) is 6.35. The molecule has 3 aromatic carbocycles. The van der Waals surface area contributed by atoms with E-state index in [9.17, 15) is 0 Å². The van der Waals surface area contributed by atoms with E-state index in [-0.39, 0.29) is 12.1 Å². The predicted molar refractivity (Wildman–Crippen MR) is 99.7 cm³/mol. The van der Waals surface area contributed by atoms with Gasteiger partial charge in [-0.05, 0) is 35.4 Å². The van der Waals surface area contributed by atoms with Gasteiger partial charge >= 0.3 is 0 Å². The molecule has 1 aliphatic heterocycles. The molecule has 0 aliphatic carbocycles. The zero-order chi connectivity index (χ0) is 16.4. The van der Waals surface area contributed by atoms with Gasteiger partial charge in [-0.25, -0.2) is 0 Å². The van der Waals surface area contributed by atoms with Gasteiger partial charge in [-0.15, -0.1) is 0 Å². The van der Waals surface area contributed by atoms with E-state index in [2.05, 4.69) is 66.1 Å². The van der Waals surface area contributed by atoms with Crippen molar-refractivity contribution in [2.45, 2.75) is 19.0 Å². The van der Waals surface area contributed by atoms with E-state index < -0.39 is 0 Å². The zero-order valence-electron chi connectivity index (χ0n) is 13.8. The van der Waals surface area contributed by atoms with Gasteiger partial charge in [0.25, 0.3) is 0 Å². The van der Waals surface area contributed by atoms with E-state index in [0.29, 0.717) is 6.61 Å². The highest BCUT2D eigenvalue weighted by Gasteiger charge is 2.19. The van der Waals surface area contributed by atoms with Crippen LogP contribution in [0.2, 0.25) is 0 Å². The fraction of sp³-hybridized carbons (Fsp3) is 0.238. The molecule has 3 aromatic rings. The van der Waals surface area contributed by atoms with Gasteiger partial charge in [0.05, 0.1) is 11.7 Å². The van der Waals surface area contributed by atoms with Gasteiger partial charge in [0.1, 0.15) is 12.4 Å². The van der Waals surface area contributed by atoms with Gasteiger partial charge in [-0.2, -0.15) is 0 Å². The number of benzene rings is 3. The predicted octanol–water partition coefficient (Wildman–Crippen LogP) is 4.36. The number of fused-ring (bicyclic) bond motifs is 2. The summed E-state index contributed by atoms with van der Waals surface area (Å²) in [6.45, 7) is 3.77. The Morgan fingerprint density at radius 2 is 1.83 bits per heavy atom. The third-order valence-corrected chi connectivity index (χ3v) is 4.65. The summed E-state index contributed by atoms with van der Waals surface area (Å²) in [6, 6.07) is 23.7. The van der Waals surface area contributed by atoms with Crippen LogP contribution in [0.25, 0.3) is 10.8 Å². The monoisotopic (exact) mass is 318 g/mol. The molecule has 3 heteroatoms. The van der Waals surface area contributed by atoms with Crippen LogP contribution in [0.15, 0.2) is 66.7 Å². The van der Waals surface area contributed by atoms with Crippen molar-refractivity contribution in [3.63, 3.8) is 0 Å². The van der Waals surface area contributed by atoms with E-state index in [1.165, 1.54) is 16.3 Å². The highest BCUT2D eigenvalue weighted by Crippen LogP contribution is 2.28. The molecule has 0 spiro atoms. The summed E-state index contributed by atoms with van der Waals surface area (Å²) < 4.78 is 5.84. The quantitative estimate of drug-likeness (QED) is 0.750. The van der Waals surface area contributed by atoms with Gasteiger partial charge in [-0.1, -0.05) is 54.6 Å². The Labute approximate surface area is 142 Å². The van der Waals surface area contributed by atoms with Crippen LogP contribution >= 0.6 is 0 Å². The lowest BCUT2D eigenvalue weighted by molar-refractivity contribution is 0.278. The molecule has 1 heterocycles. The Kier molecular flexibility index (Phi) is 4.09. The Bertz CT molecular complexity index is 841. The molecule has 0 amide bonds. The first kappa shape index (κ1) is 15.0. The molecular formula is C21H22N2O. The summed E-state index contributed by atoms with van der Waals surface area (Å²) in [5.41, 5.74) is 2.42. The maximum atomic E-state index is 5.84. The smallest absolute Gasteiger partial charge is 0.142 e. The van der Waals surface area contributed by atoms with Crippen molar-refractivity contribution in [3.8, 4) is 5.75 Å². The molecule has 2 N–H and O–H groups in total. The minimum absolute atomic E-state index is 0.275. The van der Waals surface area contributed by atoms with Crippen molar-refractivity contribution < 1.29 is 4.74 Å². The average molecular weight is 318 g/mol. The minimum atomic E-state index is 0.275. The van der Waals surface area contributed by atoms with Crippen molar-refractivity contribution in [2.75, 3.05) is 18.5 Å². The van der Waals surface area contributed by atoms with Crippen LogP contribution in [-0.4, -0.2) is 19.2 Å². The van der Waals surface area contributed by atoms with Crippen molar-refractivity contribution in [1.29, 1.82) is 0 Å². The second kappa shape index (κ2) is 6.54. The van der Waals surface area contributed by atoms with Crippen LogP contribution in [0.5, 0.6) is 5.75 Å². The van der Waals surface area contributed by atoms with Crippen LogP contribution in [0.4, 0.5) is 5.69 Å². The van der Waals surface area contributed by atoms with Crippen LogP contribution in [0, 0.1) is 0 Å². The molecule has 1 aliphatic rings. The third-order valence-electron chi connectivity index (χ3n) is 4.65. The highest BCUT2D eigenvalue weighted by atomic mass is 16.5. The fourth-order valence-electron chi connectivity index (χ4n) is 3.33. The van der Waals surface area contributed by atoms with Crippen LogP contribution in [0.1, 0.15) is 18.5 Å². The molecule has 0 aromatic heterocycles. The Hall–Kier alpha value is -2.52. The summed E-state index contributed by atoms with van der Waals surface area (Å²) in [7, 11) is 0. The molecule has 3 nitrogen and oxygen atoms in total. The Balaban J connectivity index is 1.44. The van der Waals surface area contributed by atoms with E-state index in [1.54, 1.807) is 0 Å². The van der Waals surface area contributed by atoms with Crippen molar-refractivity contribution in [1.82, 2.24) is 5.32 Å². The normalized spacial score (nSPS) is 17.6. The first-order valence-corrected chi connectivity index (χ1v) is 8.50. The average Bonchev–Trinajstić information content (AvgIpc) is 2.65. The summed E-state index contributed by atoms with van der Waals surface area (Å²) in [5.74, 6) is 0.941. The number of para-hydroxylation sites is 2. The molecule has 0 fully saturated rings. The first-order valence-electron chi connectivity index (χ1n) is 8.50. The van der Waals surface area contributed by atoms with Crippen LogP contribution in [-0.2, 0) is 0 Å². The lowest BCUT2D eigenvalue weighted by Crippen LogP contribution is -2.40. The molecule has 2 atom stereocenters. The van der Waals surface area contributed by atoms with Gasteiger partial charge in [0.2, 0.25) is 0 Å². The van der Waals surface area contributed by atoms with E-state index in [0.717, 1.165) is 18.0 Å². The highest BCUT2D eigenvalue weighted by molar-refractivity contribution is 5.86. The number of rotatable bonds is 4. The summed E-state index contributed by atoms with van der Waals surface area (Å²) in [4.78, 5) is 0. The summed E-state index contributed by atoms with van der Waals surface area (Å²) in [6.07, 6.45) is 0. The number of hydrogen-bond acceptors (Lipinski definition) is 3. The molecule has 4 rings (SSSR count). The SMILES string of the molecule is CC(NCC1COc2ccccc2N1)c1cccc2ccccc12. The molecule has 0 saturated carbocycles. The molecule has 0 saturated heterocycles. The van der Waals surface area contributed by atoms with Gasteiger partial charge in [0.15, 0.2) is 0 Å². The van der Waals surface area contributed by atoms with E-state index >= 15 is 0 Å². The van der Waals surface area contributed by atoms with Gasteiger partial charge < -0.3 is 15.4 Å². The van der Waals surface area contributed by atoms with E-state index in [1.807, 2.05) is 18.2 Å². The lowest BCUT2D eigenvalue weighted by Gasteiger charge is -2.29. The van der Waals surface area contributed by atoms with Crippen molar-refractivity contribution in [2.24, 2.45) is 0 Å². The maximum absolute atomic E-state index is 5.84. The Morgan fingerprint density at radius 1 is 1.04 bits per heavy atom. The van der Waals surface area contributed by atoms with Crippen molar-refractivity contribution >= 4 is 16.5 Å². The summed E-state index contributed by atoms with van der Waals surface area (Å²) >= 11 is 0. The second-order valence-corrected chi connectivity index (χ2v) is 6.35. The molecule has 24 heavy (non-hydrogen) atoms. The molecule has 2 unspecified atom stereocenters. The molecule has 122 valence electrons. The first-order chi connectivity index (χ1) is 11.8. The molecular weight excluding hydrogens is 296 g/mol. The standard InChI is InChI=1S/C21H22N2O/c1-15(18-10-6-8-16-7-2-3-9-19(16)18)22-13-17-14-24-21-12-5-4-11-20(21)23-17/h2-12,15,17,22-23H,13-14H2,1H3. The number of nitrogens with one attached hydrogen (secondary N) is 2. The fourth-order valence-corrected chi connectivity index (χ4v) is 3.33. The van der Waals surface area contributed by atoms with Gasteiger partial charge in [-0.3, -0.25) is 0 Å². The number of hydrogen-bond donors (Lipinski definition) is 2. The minimum Gasteiger partial charge on any atom is -0.489 e. The van der Waals surface area contributed by atoms with Crippen molar-refractivity contribution in [3.05, 3.63) is 72.3 Å². The maximum Gasteiger partial charge on any atom is 0.142 e. The molecule has 0 radical (unpaired) electrons. The van der Waals surface area contributed by atoms with Crippen LogP contribution < -0.4 is 15.4 Å². The van der Waals surface area contributed by atoms with Crippen LogP contribution in [0.3, 0.4) is 0 Å². The third kappa shape index (κ3) is 2.95. The number of anilines is 1.